The first-order valence-electron chi connectivity index (χ1n) is 9.08. The van der Waals surface area contributed by atoms with E-state index in [0.29, 0.717) is 16.5 Å². The summed E-state index contributed by atoms with van der Waals surface area (Å²) in [6, 6.07) is 7.94. The van der Waals surface area contributed by atoms with Gasteiger partial charge in [-0.1, -0.05) is 30.7 Å². The molecule has 1 aliphatic heterocycles. The quantitative estimate of drug-likeness (QED) is 0.843. The summed E-state index contributed by atoms with van der Waals surface area (Å²) >= 11 is 1.36. The maximum absolute atomic E-state index is 12.7. The topological polar surface area (TPSA) is 62.3 Å². The van der Waals surface area contributed by atoms with Crippen LogP contribution >= 0.6 is 11.3 Å². The molecule has 0 radical (unpaired) electrons. The van der Waals surface area contributed by atoms with E-state index >= 15 is 0 Å². The molecule has 2 aliphatic rings. The predicted molar refractivity (Wildman–Crippen MR) is 107 cm³/mol. The number of nitrogens with zero attached hydrogens (tertiary/aromatic N) is 2. The van der Waals surface area contributed by atoms with Gasteiger partial charge in [0.1, 0.15) is 0 Å². The lowest BCUT2D eigenvalue weighted by Gasteiger charge is -2.25. The number of aryl methyl sites for hydroxylation is 1. The summed E-state index contributed by atoms with van der Waals surface area (Å²) in [5, 5.41) is 2.41. The third kappa shape index (κ3) is 4.00. The number of nitrogens with one attached hydrogen (secondary N) is 1. The number of hydrogen-bond acceptors (Lipinski definition) is 5. The average molecular weight is 390 g/mol. The van der Waals surface area contributed by atoms with Crippen molar-refractivity contribution in [1.29, 1.82) is 0 Å². The Morgan fingerprint density at radius 2 is 1.92 bits per heavy atom. The van der Waals surface area contributed by atoms with E-state index in [9.17, 15) is 8.42 Å². The number of sulfonamides is 1. The molecule has 0 atom stereocenters. The lowest BCUT2D eigenvalue weighted by Crippen LogP contribution is -2.29. The Kier molecular flexibility index (Phi) is 5.11. The molecule has 1 aromatic carbocycles. The smallest absolute Gasteiger partial charge is 0.259 e. The minimum atomic E-state index is -3.55. The van der Waals surface area contributed by atoms with Crippen LogP contribution in [-0.4, -0.2) is 31.4 Å². The molecule has 0 amide bonds. The molecule has 0 bridgehead atoms. The zero-order chi connectivity index (χ0) is 18.0. The summed E-state index contributed by atoms with van der Waals surface area (Å²) in [6.45, 7) is 3.00. The zero-order valence-electron chi connectivity index (χ0n) is 14.6. The van der Waals surface area contributed by atoms with Crippen LogP contribution in [0.4, 0.5) is 5.13 Å². The van der Waals surface area contributed by atoms with Gasteiger partial charge in [-0.05, 0) is 56.0 Å². The standard InChI is InChI=1S/C19H23N3O2S2/c23-26(24,18-9-8-15-6-2-3-7-16(15)12-18)21-19-20-17(14-25-19)13-22-10-4-1-5-11-22/h2-3,6-7,12,14H,1,4-5,8-11,13H2,(H,20,21). The van der Waals surface area contributed by atoms with Gasteiger partial charge in [0.15, 0.2) is 5.13 Å². The second-order valence-corrected chi connectivity index (χ2v) is 9.49. The molecule has 1 fully saturated rings. The molecule has 7 heteroatoms. The van der Waals surface area contributed by atoms with E-state index < -0.39 is 10.0 Å². The highest BCUT2D eigenvalue weighted by Crippen LogP contribution is 2.29. The molecule has 2 aromatic rings. The van der Waals surface area contributed by atoms with Crippen LogP contribution in [0.5, 0.6) is 0 Å². The maximum Gasteiger partial charge on any atom is 0.259 e. The second kappa shape index (κ2) is 7.50. The van der Waals surface area contributed by atoms with E-state index in [-0.39, 0.29) is 0 Å². The van der Waals surface area contributed by atoms with Crippen molar-refractivity contribution in [3.05, 3.63) is 51.4 Å². The minimum Gasteiger partial charge on any atom is -0.297 e. The number of rotatable bonds is 5. The fourth-order valence-electron chi connectivity index (χ4n) is 3.57. The van der Waals surface area contributed by atoms with E-state index in [1.807, 2.05) is 23.6 Å². The van der Waals surface area contributed by atoms with Gasteiger partial charge in [0, 0.05) is 11.9 Å². The van der Waals surface area contributed by atoms with Crippen LogP contribution in [0.25, 0.3) is 6.08 Å². The molecule has 138 valence electrons. The molecule has 26 heavy (non-hydrogen) atoms. The number of thiazole rings is 1. The van der Waals surface area contributed by atoms with Crippen molar-refractivity contribution in [3.63, 3.8) is 0 Å². The van der Waals surface area contributed by atoms with Crippen LogP contribution in [0.15, 0.2) is 34.6 Å². The second-order valence-electron chi connectivity index (χ2n) is 6.90. The number of hydrogen-bond donors (Lipinski definition) is 1. The molecule has 1 N–H and O–H groups in total. The van der Waals surface area contributed by atoms with Gasteiger partial charge in [-0.15, -0.1) is 11.3 Å². The molecule has 1 saturated heterocycles. The summed E-state index contributed by atoms with van der Waals surface area (Å²) in [4.78, 5) is 7.31. The third-order valence-corrected chi connectivity index (χ3v) is 7.38. The number of piperidine rings is 1. The highest BCUT2D eigenvalue weighted by Gasteiger charge is 2.23. The molecular weight excluding hydrogens is 366 g/mol. The van der Waals surface area contributed by atoms with E-state index in [1.54, 1.807) is 6.08 Å². The van der Waals surface area contributed by atoms with Crippen molar-refractivity contribution < 1.29 is 8.42 Å². The third-order valence-electron chi connectivity index (χ3n) is 4.97. The van der Waals surface area contributed by atoms with Gasteiger partial charge in [0.05, 0.1) is 10.6 Å². The van der Waals surface area contributed by atoms with Gasteiger partial charge in [0.25, 0.3) is 10.0 Å². The maximum atomic E-state index is 12.7. The van der Waals surface area contributed by atoms with Crippen molar-refractivity contribution in [2.75, 3.05) is 17.8 Å². The number of aromatic nitrogens is 1. The summed E-state index contributed by atoms with van der Waals surface area (Å²) in [6.07, 6.45) is 6.83. The largest absolute Gasteiger partial charge is 0.297 e. The first-order chi connectivity index (χ1) is 12.6. The fourth-order valence-corrected chi connectivity index (χ4v) is 5.70. The van der Waals surface area contributed by atoms with Crippen LogP contribution in [-0.2, 0) is 23.0 Å². The normalized spacial score (nSPS) is 18.2. The Morgan fingerprint density at radius 3 is 2.77 bits per heavy atom. The number of likely N-dealkylation sites (tertiary alicyclic amines) is 1. The van der Waals surface area contributed by atoms with Crippen LogP contribution in [0.3, 0.4) is 0 Å². The van der Waals surface area contributed by atoms with Crippen molar-refractivity contribution in [2.45, 2.75) is 38.6 Å². The Balaban J connectivity index is 1.46. The van der Waals surface area contributed by atoms with Gasteiger partial charge in [0.2, 0.25) is 0 Å². The van der Waals surface area contributed by atoms with E-state index in [2.05, 4.69) is 20.7 Å². The Hall–Kier alpha value is -1.70. The molecule has 1 aromatic heterocycles. The van der Waals surface area contributed by atoms with Crippen molar-refractivity contribution in [1.82, 2.24) is 9.88 Å². The molecular formula is C19H23N3O2S2. The van der Waals surface area contributed by atoms with Crippen molar-refractivity contribution >= 4 is 32.6 Å². The number of fused-ring (bicyclic) bond motifs is 1. The van der Waals surface area contributed by atoms with Gasteiger partial charge in [-0.2, -0.15) is 0 Å². The zero-order valence-corrected chi connectivity index (χ0v) is 16.3. The summed E-state index contributed by atoms with van der Waals surface area (Å²) in [5.41, 5.74) is 3.13. The molecule has 4 rings (SSSR count). The predicted octanol–water partition coefficient (Wildman–Crippen LogP) is 3.86. The molecule has 0 unspecified atom stereocenters. The van der Waals surface area contributed by atoms with Gasteiger partial charge >= 0.3 is 0 Å². The SMILES string of the molecule is O=S(=O)(Nc1nc(CN2CCCCC2)cs1)C1=Cc2ccccc2CC1. The molecule has 0 saturated carbocycles. The van der Waals surface area contributed by atoms with Crippen LogP contribution < -0.4 is 4.72 Å². The lowest BCUT2D eigenvalue weighted by atomic mass is 9.98. The fraction of sp³-hybridized carbons (Fsp3) is 0.421. The first-order valence-corrected chi connectivity index (χ1v) is 11.4. The van der Waals surface area contributed by atoms with Crippen molar-refractivity contribution in [2.24, 2.45) is 0 Å². The first kappa shape index (κ1) is 17.7. The van der Waals surface area contributed by atoms with E-state index in [1.165, 1.54) is 36.2 Å². The minimum absolute atomic E-state index is 0.434. The average Bonchev–Trinajstić information content (AvgIpc) is 3.08. The summed E-state index contributed by atoms with van der Waals surface area (Å²) in [5.74, 6) is 0. The Morgan fingerprint density at radius 1 is 1.12 bits per heavy atom. The van der Waals surface area contributed by atoms with Gasteiger partial charge in [-0.3, -0.25) is 9.62 Å². The highest BCUT2D eigenvalue weighted by atomic mass is 32.2. The highest BCUT2D eigenvalue weighted by molar-refractivity contribution is 7.96. The number of anilines is 1. The summed E-state index contributed by atoms with van der Waals surface area (Å²) < 4.78 is 28.2. The van der Waals surface area contributed by atoms with Crippen LogP contribution in [0.2, 0.25) is 0 Å². The Bertz CT molecular complexity index is 912. The van der Waals surface area contributed by atoms with Gasteiger partial charge in [-0.25, -0.2) is 13.4 Å². The monoisotopic (exact) mass is 389 g/mol. The molecule has 0 spiro atoms. The van der Waals surface area contributed by atoms with Crippen molar-refractivity contribution in [3.8, 4) is 0 Å². The summed E-state index contributed by atoms with van der Waals surface area (Å²) in [7, 11) is -3.55. The Labute approximate surface area is 158 Å². The van der Waals surface area contributed by atoms with Gasteiger partial charge < -0.3 is 0 Å². The van der Waals surface area contributed by atoms with E-state index in [4.69, 9.17) is 0 Å². The molecule has 2 heterocycles. The van der Waals surface area contributed by atoms with Crippen LogP contribution in [0, 0.1) is 0 Å². The number of benzene rings is 1. The van der Waals surface area contributed by atoms with Crippen LogP contribution in [0.1, 0.15) is 42.5 Å². The number of allylic oxidation sites excluding steroid dienone is 1. The molecule has 1 aliphatic carbocycles. The lowest BCUT2D eigenvalue weighted by molar-refractivity contribution is 0.219. The molecule has 5 nitrogen and oxygen atoms in total. The van der Waals surface area contributed by atoms with E-state index in [0.717, 1.165) is 37.3 Å².